The van der Waals surface area contributed by atoms with E-state index in [1.54, 1.807) is 48.5 Å². The van der Waals surface area contributed by atoms with Crippen LogP contribution in [0.2, 0.25) is 0 Å². The van der Waals surface area contributed by atoms with Gasteiger partial charge in [-0.3, -0.25) is 4.79 Å². The number of thiazole rings is 1. The molecule has 3 N–H and O–H groups in total. The highest BCUT2D eigenvalue weighted by Crippen LogP contribution is 2.20. The third kappa shape index (κ3) is 3.48. The highest BCUT2D eigenvalue weighted by atomic mass is 32.1. The largest absolute Gasteiger partial charge is 0.399 e. The molecule has 0 spiro atoms. The van der Waals surface area contributed by atoms with Gasteiger partial charge in [0.25, 0.3) is 5.91 Å². The number of hydrogen-bond acceptors (Lipinski definition) is 5. The second-order valence-electron chi connectivity index (χ2n) is 4.66. The van der Waals surface area contributed by atoms with E-state index in [-0.39, 0.29) is 5.91 Å². The summed E-state index contributed by atoms with van der Waals surface area (Å²) < 4.78 is 0. The van der Waals surface area contributed by atoms with E-state index in [0.29, 0.717) is 17.8 Å². The number of carbonyl (C=O) groups is 1. The van der Waals surface area contributed by atoms with Crippen LogP contribution in [-0.2, 0) is 6.42 Å². The first-order valence-corrected chi connectivity index (χ1v) is 7.24. The number of amides is 1. The molecule has 0 aliphatic rings. The molecule has 1 amide bonds. The summed E-state index contributed by atoms with van der Waals surface area (Å²) in [4.78, 5) is 17.9. The molecule has 0 radical (unpaired) electrons. The number of nitrogen functional groups attached to an aromatic ring is 1. The smallest absolute Gasteiger partial charge is 0.255 e. The average molecular weight is 290 g/mol. The Morgan fingerprint density at radius 2 is 2.25 bits per heavy atom. The molecule has 1 aromatic carbocycles. The van der Waals surface area contributed by atoms with E-state index >= 15 is 0 Å². The van der Waals surface area contributed by atoms with Crippen LogP contribution in [0.1, 0.15) is 16.1 Å². The van der Waals surface area contributed by atoms with Crippen molar-refractivity contribution in [3.8, 4) is 0 Å². The number of rotatable bonds is 5. The van der Waals surface area contributed by atoms with Crippen molar-refractivity contribution >= 4 is 28.6 Å². The lowest BCUT2D eigenvalue weighted by Crippen LogP contribution is -2.23. The predicted molar refractivity (Wildman–Crippen MR) is 83.2 cm³/mol. The quantitative estimate of drug-likeness (QED) is 0.827. The van der Waals surface area contributed by atoms with Gasteiger partial charge < -0.3 is 16.0 Å². The molecule has 1 aromatic heterocycles. The summed E-state index contributed by atoms with van der Waals surface area (Å²) in [6.45, 7) is 0.709. The van der Waals surface area contributed by atoms with Crippen molar-refractivity contribution in [1.82, 2.24) is 9.88 Å². The van der Waals surface area contributed by atoms with Gasteiger partial charge >= 0.3 is 0 Å². The topological polar surface area (TPSA) is 71.2 Å². The van der Waals surface area contributed by atoms with Gasteiger partial charge in [0.15, 0.2) is 0 Å². The van der Waals surface area contributed by atoms with E-state index < -0.39 is 0 Å². The lowest BCUT2D eigenvalue weighted by atomic mass is 10.1. The first kappa shape index (κ1) is 14.3. The number of aromatic nitrogens is 1. The Hall–Kier alpha value is -2.08. The van der Waals surface area contributed by atoms with Crippen LogP contribution in [0, 0.1) is 0 Å². The Labute approximate surface area is 122 Å². The van der Waals surface area contributed by atoms with Gasteiger partial charge in [0.1, 0.15) is 0 Å². The van der Waals surface area contributed by atoms with Crippen LogP contribution >= 0.6 is 11.3 Å². The molecule has 2 rings (SSSR count). The minimum Gasteiger partial charge on any atom is -0.399 e. The van der Waals surface area contributed by atoms with Crippen molar-refractivity contribution in [3.05, 3.63) is 40.3 Å². The highest BCUT2D eigenvalue weighted by Gasteiger charge is 2.13. The summed E-state index contributed by atoms with van der Waals surface area (Å²) in [6, 6.07) is 5.28. The number of hydrogen-bond donors (Lipinski definition) is 2. The van der Waals surface area contributed by atoms with E-state index in [9.17, 15) is 4.79 Å². The number of anilines is 2. The Morgan fingerprint density at radius 1 is 1.45 bits per heavy atom. The van der Waals surface area contributed by atoms with Crippen molar-refractivity contribution in [2.24, 2.45) is 0 Å². The van der Waals surface area contributed by atoms with Gasteiger partial charge in [-0.15, -0.1) is 11.3 Å². The summed E-state index contributed by atoms with van der Waals surface area (Å²) in [5.41, 5.74) is 10.7. The summed E-state index contributed by atoms with van der Waals surface area (Å²) >= 11 is 1.58. The summed E-state index contributed by atoms with van der Waals surface area (Å²) in [5, 5.41) is 5.29. The molecule has 0 aliphatic heterocycles. The summed E-state index contributed by atoms with van der Waals surface area (Å²) in [6.07, 6.45) is 0.813. The van der Waals surface area contributed by atoms with Crippen molar-refractivity contribution in [1.29, 1.82) is 0 Å². The van der Waals surface area contributed by atoms with E-state index in [4.69, 9.17) is 5.73 Å². The molecule has 1 heterocycles. The zero-order valence-corrected chi connectivity index (χ0v) is 12.4. The molecular weight excluding hydrogens is 272 g/mol. The van der Waals surface area contributed by atoms with Gasteiger partial charge in [-0.2, -0.15) is 0 Å². The average Bonchev–Trinajstić information content (AvgIpc) is 2.91. The fourth-order valence-corrected chi connectivity index (χ4v) is 2.41. The number of carbonyl (C=O) groups excluding carboxylic acids is 1. The maximum Gasteiger partial charge on any atom is 0.255 e. The predicted octanol–water partition coefficient (Wildman–Crippen LogP) is 2.08. The summed E-state index contributed by atoms with van der Waals surface area (Å²) in [5.74, 6) is -0.0406. The third-order valence-electron chi connectivity index (χ3n) is 2.86. The second kappa shape index (κ2) is 6.38. The standard InChI is InChI=1S/C14H18N4OS/c1-18(2)14(19)12-4-3-10(15)7-13(12)16-6-5-11-8-20-9-17-11/h3-4,7-9,16H,5-6,15H2,1-2H3. The maximum atomic E-state index is 12.1. The van der Waals surface area contributed by atoms with Crippen LogP contribution in [0.15, 0.2) is 29.1 Å². The molecule has 0 saturated heterocycles. The molecule has 0 fully saturated rings. The second-order valence-corrected chi connectivity index (χ2v) is 5.38. The molecule has 106 valence electrons. The fraction of sp³-hybridized carbons (Fsp3) is 0.286. The normalized spacial score (nSPS) is 10.3. The van der Waals surface area contributed by atoms with E-state index in [1.807, 2.05) is 10.9 Å². The Morgan fingerprint density at radius 3 is 2.90 bits per heavy atom. The van der Waals surface area contributed by atoms with Crippen LogP contribution in [0.3, 0.4) is 0 Å². The van der Waals surface area contributed by atoms with Crippen molar-refractivity contribution < 1.29 is 4.79 Å². The van der Waals surface area contributed by atoms with Gasteiger partial charge in [-0.05, 0) is 18.2 Å². The van der Waals surface area contributed by atoms with Crippen LogP contribution in [-0.4, -0.2) is 36.4 Å². The van der Waals surface area contributed by atoms with Crippen LogP contribution < -0.4 is 11.1 Å². The molecule has 0 saturated carbocycles. The number of benzene rings is 1. The minimum absolute atomic E-state index is 0.0406. The lowest BCUT2D eigenvalue weighted by Gasteiger charge is -2.15. The molecule has 0 aliphatic carbocycles. The molecule has 20 heavy (non-hydrogen) atoms. The van der Waals surface area contributed by atoms with E-state index in [1.165, 1.54) is 0 Å². The monoisotopic (exact) mass is 290 g/mol. The molecular formula is C14H18N4OS. The SMILES string of the molecule is CN(C)C(=O)c1ccc(N)cc1NCCc1cscn1. The van der Waals surface area contributed by atoms with Crippen molar-refractivity contribution in [2.75, 3.05) is 31.7 Å². The van der Waals surface area contributed by atoms with Crippen LogP contribution in [0.25, 0.3) is 0 Å². The van der Waals surface area contributed by atoms with Crippen molar-refractivity contribution in [2.45, 2.75) is 6.42 Å². The first-order chi connectivity index (χ1) is 9.58. The third-order valence-corrected chi connectivity index (χ3v) is 3.50. The first-order valence-electron chi connectivity index (χ1n) is 6.30. The fourth-order valence-electron chi connectivity index (χ4n) is 1.82. The Balaban J connectivity index is 2.09. The highest BCUT2D eigenvalue weighted by molar-refractivity contribution is 7.07. The zero-order chi connectivity index (χ0) is 14.5. The van der Waals surface area contributed by atoms with Crippen molar-refractivity contribution in [3.63, 3.8) is 0 Å². The lowest BCUT2D eigenvalue weighted by molar-refractivity contribution is 0.0828. The van der Waals surface area contributed by atoms with Gasteiger partial charge in [0.2, 0.25) is 0 Å². The molecule has 5 nitrogen and oxygen atoms in total. The molecule has 6 heteroatoms. The van der Waals surface area contributed by atoms with Gasteiger partial charge in [-0.1, -0.05) is 0 Å². The zero-order valence-electron chi connectivity index (χ0n) is 11.6. The van der Waals surface area contributed by atoms with E-state index in [2.05, 4.69) is 10.3 Å². The minimum atomic E-state index is -0.0406. The molecule has 0 atom stereocenters. The number of nitrogens with zero attached hydrogens (tertiary/aromatic N) is 2. The Bertz CT molecular complexity index is 581. The van der Waals surface area contributed by atoms with Crippen LogP contribution in [0.4, 0.5) is 11.4 Å². The van der Waals surface area contributed by atoms with Gasteiger partial charge in [0.05, 0.1) is 16.8 Å². The molecule has 2 aromatic rings. The summed E-state index contributed by atoms with van der Waals surface area (Å²) in [7, 11) is 3.47. The van der Waals surface area contributed by atoms with Gasteiger partial charge in [0, 0.05) is 43.8 Å². The number of nitrogens with two attached hydrogens (primary N) is 1. The van der Waals surface area contributed by atoms with Gasteiger partial charge in [-0.25, -0.2) is 4.98 Å². The molecule has 0 unspecified atom stereocenters. The molecule has 0 bridgehead atoms. The number of nitrogens with one attached hydrogen (secondary N) is 1. The van der Waals surface area contributed by atoms with E-state index in [0.717, 1.165) is 17.8 Å². The van der Waals surface area contributed by atoms with Crippen LogP contribution in [0.5, 0.6) is 0 Å². The Kier molecular flexibility index (Phi) is 4.57. The maximum absolute atomic E-state index is 12.1.